The lowest BCUT2D eigenvalue weighted by atomic mass is 9.73. The lowest BCUT2D eigenvalue weighted by Crippen LogP contribution is -2.79. The molecule has 2 saturated heterocycles. The molecule has 2 N–H and O–H groups in total. The minimum absolute atomic E-state index is 0.0312. The smallest absolute Gasteiger partial charge is 0.242 e. The molecule has 3 fully saturated rings. The monoisotopic (exact) mass is 196 g/mol. The van der Waals surface area contributed by atoms with E-state index in [0.717, 1.165) is 26.1 Å². The minimum atomic E-state index is -0.257. The van der Waals surface area contributed by atoms with Crippen LogP contribution in [0.15, 0.2) is 0 Å². The molecule has 1 spiro atoms. The topological polar surface area (TPSA) is 55.6 Å². The highest BCUT2D eigenvalue weighted by molar-refractivity contribution is 5.91. The maximum atomic E-state index is 11.7. The van der Waals surface area contributed by atoms with Gasteiger partial charge in [-0.25, -0.2) is 0 Å². The first-order chi connectivity index (χ1) is 6.76. The van der Waals surface area contributed by atoms with Gasteiger partial charge >= 0.3 is 0 Å². The Balaban J connectivity index is 1.84. The van der Waals surface area contributed by atoms with E-state index < -0.39 is 0 Å². The summed E-state index contributed by atoms with van der Waals surface area (Å²) in [7, 11) is 0. The van der Waals surface area contributed by atoms with Crippen molar-refractivity contribution in [3.05, 3.63) is 0 Å². The maximum absolute atomic E-state index is 11.7. The first kappa shape index (κ1) is 8.68. The molecule has 0 bridgehead atoms. The third-order valence-corrected chi connectivity index (χ3v) is 3.83. The van der Waals surface area contributed by atoms with Crippen LogP contribution in [0.3, 0.4) is 0 Å². The summed E-state index contributed by atoms with van der Waals surface area (Å²) in [5.41, 5.74) is 5.91. The van der Waals surface area contributed by atoms with Gasteiger partial charge < -0.3 is 15.4 Å². The number of nitrogens with two attached hydrogens (primary N) is 1. The quantitative estimate of drug-likeness (QED) is 0.594. The first-order valence-electron chi connectivity index (χ1n) is 5.42. The maximum Gasteiger partial charge on any atom is 0.242 e. The molecule has 0 aromatic carbocycles. The van der Waals surface area contributed by atoms with Gasteiger partial charge in [0, 0.05) is 19.3 Å². The highest BCUT2D eigenvalue weighted by atomic mass is 16.5. The molecule has 4 nitrogen and oxygen atoms in total. The molecule has 2 heterocycles. The van der Waals surface area contributed by atoms with Gasteiger partial charge in [-0.2, -0.15) is 0 Å². The second-order valence-corrected chi connectivity index (χ2v) is 4.63. The fourth-order valence-corrected chi connectivity index (χ4v) is 2.84. The van der Waals surface area contributed by atoms with Crippen LogP contribution in [-0.4, -0.2) is 41.6 Å². The van der Waals surface area contributed by atoms with Crippen LogP contribution in [0, 0.1) is 0 Å². The third-order valence-electron chi connectivity index (χ3n) is 3.83. The summed E-state index contributed by atoms with van der Waals surface area (Å²) in [6.45, 7) is 1.51. The minimum Gasteiger partial charge on any atom is -0.381 e. The lowest BCUT2D eigenvalue weighted by Gasteiger charge is -2.58. The lowest BCUT2D eigenvalue weighted by molar-refractivity contribution is -0.173. The normalized spacial score (nSPS) is 35.9. The van der Waals surface area contributed by atoms with Gasteiger partial charge in [0.25, 0.3) is 0 Å². The van der Waals surface area contributed by atoms with Crippen molar-refractivity contribution in [2.75, 3.05) is 13.2 Å². The van der Waals surface area contributed by atoms with Gasteiger partial charge in [-0.15, -0.1) is 0 Å². The van der Waals surface area contributed by atoms with Gasteiger partial charge in [0.2, 0.25) is 5.91 Å². The molecule has 0 unspecified atom stereocenters. The molecule has 0 radical (unpaired) electrons. The van der Waals surface area contributed by atoms with Crippen LogP contribution in [0.2, 0.25) is 0 Å². The van der Waals surface area contributed by atoms with Crippen molar-refractivity contribution in [3.8, 4) is 0 Å². The second-order valence-electron chi connectivity index (χ2n) is 4.63. The van der Waals surface area contributed by atoms with E-state index in [9.17, 15) is 4.79 Å². The van der Waals surface area contributed by atoms with Gasteiger partial charge in [0.05, 0.1) is 5.54 Å². The van der Waals surface area contributed by atoms with E-state index in [4.69, 9.17) is 10.5 Å². The van der Waals surface area contributed by atoms with Crippen molar-refractivity contribution in [2.45, 2.75) is 43.3 Å². The van der Waals surface area contributed by atoms with Crippen molar-refractivity contribution in [2.24, 2.45) is 5.73 Å². The summed E-state index contributed by atoms with van der Waals surface area (Å²) < 4.78 is 5.34. The molecule has 0 aromatic rings. The summed E-state index contributed by atoms with van der Waals surface area (Å²) in [4.78, 5) is 13.7. The van der Waals surface area contributed by atoms with Gasteiger partial charge in [-0.1, -0.05) is 0 Å². The molecule has 1 atom stereocenters. The summed E-state index contributed by atoms with van der Waals surface area (Å²) in [6, 6.07) is 0.243. The van der Waals surface area contributed by atoms with Gasteiger partial charge in [-0.05, 0) is 25.7 Å². The van der Waals surface area contributed by atoms with Crippen LogP contribution >= 0.6 is 0 Å². The summed E-state index contributed by atoms with van der Waals surface area (Å²) in [5.74, 6) is 0.161. The van der Waals surface area contributed by atoms with Gasteiger partial charge in [0.1, 0.15) is 6.04 Å². The molecule has 3 rings (SSSR count). The molecular formula is C10H16N2O2. The molecule has 2 aliphatic heterocycles. The number of nitrogens with zero attached hydrogens (tertiary/aromatic N) is 1. The standard InChI is InChI=1S/C10H16N2O2/c11-8-9(13)12(7-1-2-7)10(8)3-5-14-6-4-10/h7-8H,1-6,11H2/t8-/m0/s1. The number of β-lactam (4-membered cyclic amide) rings is 1. The van der Waals surface area contributed by atoms with E-state index >= 15 is 0 Å². The average Bonchev–Trinajstić information content (AvgIpc) is 3.03. The Labute approximate surface area is 83.4 Å². The van der Waals surface area contributed by atoms with Crippen LogP contribution < -0.4 is 5.73 Å². The highest BCUT2D eigenvalue weighted by Crippen LogP contribution is 2.46. The molecule has 14 heavy (non-hydrogen) atoms. The number of rotatable bonds is 1. The Bertz CT molecular complexity index is 269. The van der Waals surface area contributed by atoms with Crippen molar-refractivity contribution >= 4 is 5.91 Å². The molecule has 1 amide bonds. The number of likely N-dealkylation sites (tertiary alicyclic amines) is 1. The van der Waals surface area contributed by atoms with Crippen molar-refractivity contribution in [1.29, 1.82) is 0 Å². The van der Waals surface area contributed by atoms with Crippen molar-refractivity contribution in [1.82, 2.24) is 4.90 Å². The number of ether oxygens (including phenoxy) is 1. The molecule has 0 aromatic heterocycles. The van der Waals surface area contributed by atoms with E-state index in [1.807, 2.05) is 0 Å². The zero-order valence-electron chi connectivity index (χ0n) is 8.24. The highest BCUT2D eigenvalue weighted by Gasteiger charge is 2.62. The van der Waals surface area contributed by atoms with Crippen LogP contribution in [0.25, 0.3) is 0 Å². The van der Waals surface area contributed by atoms with Crippen LogP contribution in [0.1, 0.15) is 25.7 Å². The fourth-order valence-electron chi connectivity index (χ4n) is 2.84. The molecule has 1 aliphatic carbocycles. The predicted octanol–water partition coefficient (Wildman–Crippen LogP) is -0.133. The van der Waals surface area contributed by atoms with E-state index in [0.29, 0.717) is 6.04 Å². The van der Waals surface area contributed by atoms with Crippen molar-refractivity contribution in [3.63, 3.8) is 0 Å². The zero-order valence-corrected chi connectivity index (χ0v) is 8.24. The summed E-state index contributed by atoms with van der Waals surface area (Å²) >= 11 is 0. The van der Waals surface area contributed by atoms with E-state index in [1.165, 1.54) is 12.8 Å². The predicted molar refractivity (Wildman–Crippen MR) is 50.6 cm³/mol. The van der Waals surface area contributed by atoms with E-state index in [-0.39, 0.29) is 17.5 Å². The Morgan fingerprint density at radius 1 is 1.36 bits per heavy atom. The third kappa shape index (κ3) is 0.929. The number of carbonyl (C=O) groups is 1. The van der Waals surface area contributed by atoms with E-state index in [2.05, 4.69) is 4.90 Å². The Kier molecular flexibility index (Phi) is 1.67. The SMILES string of the molecule is N[C@H]1C(=O)N(C2CC2)C12CCOCC2. The summed E-state index contributed by atoms with van der Waals surface area (Å²) in [6.07, 6.45) is 4.19. The fraction of sp³-hybridized carbons (Fsp3) is 0.900. The van der Waals surface area contributed by atoms with Crippen molar-refractivity contribution < 1.29 is 9.53 Å². The number of amides is 1. The molecular weight excluding hydrogens is 180 g/mol. The largest absolute Gasteiger partial charge is 0.381 e. The Morgan fingerprint density at radius 2 is 2.00 bits per heavy atom. The van der Waals surface area contributed by atoms with Gasteiger partial charge in [-0.3, -0.25) is 4.79 Å². The molecule has 78 valence electrons. The molecule has 4 heteroatoms. The van der Waals surface area contributed by atoms with E-state index in [1.54, 1.807) is 0 Å². The molecule has 1 saturated carbocycles. The van der Waals surface area contributed by atoms with Crippen LogP contribution in [-0.2, 0) is 9.53 Å². The average molecular weight is 196 g/mol. The Hall–Kier alpha value is -0.610. The van der Waals surface area contributed by atoms with Gasteiger partial charge in [0.15, 0.2) is 0 Å². The van der Waals surface area contributed by atoms with Crippen LogP contribution in [0.5, 0.6) is 0 Å². The zero-order chi connectivity index (χ0) is 9.76. The van der Waals surface area contributed by atoms with Crippen LogP contribution in [0.4, 0.5) is 0 Å². The summed E-state index contributed by atoms with van der Waals surface area (Å²) in [5, 5.41) is 0. The Morgan fingerprint density at radius 3 is 2.57 bits per heavy atom. The number of carbonyl (C=O) groups excluding carboxylic acids is 1. The first-order valence-corrected chi connectivity index (χ1v) is 5.42. The molecule has 3 aliphatic rings. The number of hydrogen-bond donors (Lipinski definition) is 1. The number of hydrogen-bond acceptors (Lipinski definition) is 3. The second kappa shape index (κ2) is 2.70.